The molecule has 27 heavy (non-hydrogen) atoms. The Hall–Kier alpha value is -1.64. The summed E-state index contributed by atoms with van der Waals surface area (Å²) in [5, 5.41) is 0. The summed E-state index contributed by atoms with van der Waals surface area (Å²) in [4.78, 5) is 13.9. The summed E-state index contributed by atoms with van der Waals surface area (Å²) < 4.78 is 38.6. The lowest BCUT2D eigenvalue weighted by atomic mass is 9.74. The largest absolute Gasteiger partial charge is 0.494 e. The first-order valence-corrected chi connectivity index (χ1v) is 10.7. The monoisotopic (exact) mass is 396 g/mol. The van der Waals surface area contributed by atoms with Crippen LogP contribution in [0.15, 0.2) is 29.2 Å². The van der Waals surface area contributed by atoms with Crippen molar-refractivity contribution in [1.29, 1.82) is 0 Å². The first-order valence-electron chi connectivity index (χ1n) is 9.30. The number of fused-ring (bicyclic) bond motifs is 1. The molecular formula is C19H28N2O5S. The zero-order valence-corrected chi connectivity index (χ0v) is 17.0. The van der Waals surface area contributed by atoms with Crippen LogP contribution in [0.25, 0.3) is 0 Å². The zero-order valence-electron chi connectivity index (χ0n) is 16.2. The Morgan fingerprint density at radius 2 is 1.96 bits per heavy atom. The molecule has 1 amide bonds. The van der Waals surface area contributed by atoms with Gasteiger partial charge in [0.25, 0.3) is 0 Å². The lowest BCUT2D eigenvalue weighted by Crippen LogP contribution is -2.50. The fourth-order valence-electron chi connectivity index (χ4n) is 4.26. The third-order valence-electron chi connectivity index (χ3n) is 5.75. The molecule has 2 heterocycles. The highest BCUT2D eigenvalue weighted by molar-refractivity contribution is 7.89. The summed E-state index contributed by atoms with van der Waals surface area (Å²) in [6.07, 6.45) is 0.686. The van der Waals surface area contributed by atoms with E-state index in [1.165, 1.54) is 0 Å². The number of carbonyl (C=O) groups excluding carboxylic acids is 1. The maximum atomic E-state index is 13.1. The molecule has 0 aromatic heterocycles. The highest BCUT2D eigenvalue weighted by atomic mass is 32.2. The van der Waals surface area contributed by atoms with Gasteiger partial charge in [-0.2, -0.15) is 4.31 Å². The smallest absolute Gasteiger partial charge is 0.243 e. The fourth-order valence-corrected chi connectivity index (χ4v) is 5.74. The Morgan fingerprint density at radius 1 is 1.26 bits per heavy atom. The molecule has 3 rings (SSSR count). The molecule has 1 aromatic rings. The molecule has 0 aliphatic carbocycles. The number of nitrogens with zero attached hydrogens (tertiary/aromatic N) is 2. The van der Waals surface area contributed by atoms with Gasteiger partial charge in [-0.25, -0.2) is 8.42 Å². The molecule has 8 heteroatoms. The number of benzene rings is 1. The van der Waals surface area contributed by atoms with E-state index in [-0.39, 0.29) is 22.1 Å². The number of hydrogen-bond acceptors (Lipinski definition) is 5. The summed E-state index contributed by atoms with van der Waals surface area (Å²) in [5.41, 5.74) is -0.161. The average Bonchev–Trinajstić information content (AvgIpc) is 3.01. The lowest BCUT2D eigenvalue weighted by molar-refractivity contribution is -0.128. The maximum Gasteiger partial charge on any atom is 0.243 e. The van der Waals surface area contributed by atoms with E-state index in [1.54, 1.807) is 42.6 Å². The quantitative estimate of drug-likeness (QED) is 0.730. The van der Waals surface area contributed by atoms with Crippen LogP contribution >= 0.6 is 0 Å². The minimum absolute atomic E-state index is 0.0285. The van der Waals surface area contributed by atoms with E-state index in [2.05, 4.69) is 0 Å². The maximum absolute atomic E-state index is 13.1. The molecule has 7 nitrogen and oxygen atoms in total. The van der Waals surface area contributed by atoms with Crippen molar-refractivity contribution in [1.82, 2.24) is 9.21 Å². The summed E-state index contributed by atoms with van der Waals surface area (Å²) in [5.74, 6) is 0.760. The zero-order chi connectivity index (χ0) is 19.7. The second-order valence-corrected chi connectivity index (χ2v) is 9.35. The molecule has 2 aliphatic heterocycles. The predicted molar refractivity (Wildman–Crippen MR) is 101 cm³/mol. The molecule has 150 valence electrons. The summed E-state index contributed by atoms with van der Waals surface area (Å²) in [6, 6.07) is 6.55. The van der Waals surface area contributed by atoms with E-state index in [1.807, 2.05) is 11.8 Å². The number of hydrogen-bond donors (Lipinski definition) is 0. The molecular weight excluding hydrogens is 368 g/mol. The van der Waals surface area contributed by atoms with Crippen molar-refractivity contribution in [3.05, 3.63) is 24.3 Å². The molecule has 0 saturated carbocycles. The highest BCUT2D eigenvalue weighted by Crippen LogP contribution is 2.44. The van der Waals surface area contributed by atoms with Gasteiger partial charge in [-0.05, 0) is 43.5 Å². The molecule has 0 unspecified atom stereocenters. The molecule has 0 bridgehead atoms. The summed E-state index contributed by atoms with van der Waals surface area (Å²) in [6.45, 7) is 6.57. The third-order valence-corrected chi connectivity index (χ3v) is 7.62. The Balaban J connectivity index is 1.80. The molecule has 2 aliphatic rings. The van der Waals surface area contributed by atoms with Crippen molar-refractivity contribution in [3.8, 4) is 5.75 Å². The van der Waals surface area contributed by atoms with Crippen LogP contribution in [0.3, 0.4) is 0 Å². The van der Waals surface area contributed by atoms with Crippen LogP contribution in [-0.4, -0.2) is 70.0 Å². The van der Waals surface area contributed by atoms with Crippen molar-refractivity contribution in [2.24, 2.45) is 11.3 Å². The number of carbonyl (C=O) groups is 1. The van der Waals surface area contributed by atoms with Crippen LogP contribution < -0.4 is 4.74 Å². The third kappa shape index (κ3) is 3.83. The SMILES string of the molecule is CCOc1ccc(S(=O)(=O)N2CC[C@@]3(COC)CN(C(C)=O)C[C@H]3C2)cc1. The van der Waals surface area contributed by atoms with Gasteiger partial charge in [0.1, 0.15) is 5.75 Å². The molecule has 0 spiro atoms. The number of rotatable bonds is 6. The standard InChI is InChI=1S/C19H28N2O5S/c1-4-26-17-5-7-18(8-6-17)27(23,24)21-10-9-19(14-25-3)13-20(15(2)22)11-16(19)12-21/h5-8,16H,4,9-14H2,1-3H3/t16-,19-/m0/s1. The first kappa shape index (κ1) is 20.1. The van der Waals surface area contributed by atoms with Gasteiger partial charge in [0.15, 0.2) is 0 Å². The van der Waals surface area contributed by atoms with E-state index in [4.69, 9.17) is 9.47 Å². The Bertz CT molecular complexity index is 780. The van der Waals surface area contributed by atoms with Crippen LogP contribution in [0.5, 0.6) is 5.75 Å². The van der Waals surface area contributed by atoms with Gasteiger partial charge in [0.2, 0.25) is 15.9 Å². The Labute approximate surface area is 161 Å². The number of methoxy groups -OCH3 is 1. The van der Waals surface area contributed by atoms with Crippen molar-refractivity contribution in [2.75, 3.05) is 46.5 Å². The summed E-state index contributed by atoms with van der Waals surface area (Å²) in [7, 11) is -1.92. The second-order valence-electron chi connectivity index (χ2n) is 7.41. The van der Waals surface area contributed by atoms with E-state index in [9.17, 15) is 13.2 Å². The van der Waals surface area contributed by atoms with Crippen molar-refractivity contribution in [3.63, 3.8) is 0 Å². The Morgan fingerprint density at radius 3 is 2.56 bits per heavy atom. The molecule has 2 fully saturated rings. The molecule has 2 saturated heterocycles. The van der Waals surface area contributed by atoms with Crippen LogP contribution in [-0.2, 0) is 19.6 Å². The first-order chi connectivity index (χ1) is 12.8. The van der Waals surface area contributed by atoms with Crippen LogP contribution in [0.2, 0.25) is 0 Å². The van der Waals surface area contributed by atoms with Gasteiger partial charge < -0.3 is 14.4 Å². The van der Waals surface area contributed by atoms with Gasteiger partial charge >= 0.3 is 0 Å². The van der Waals surface area contributed by atoms with Crippen molar-refractivity contribution >= 4 is 15.9 Å². The topological polar surface area (TPSA) is 76.2 Å². The summed E-state index contributed by atoms with van der Waals surface area (Å²) >= 11 is 0. The van der Waals surface area contributed by atoms with E-state index in [0.717, 1.165) is 0 Å². The van der Waals surface area contributed by atoms with Gasteiger partial charge in [0, 0.05) is 45.6 Å². The van der Waals surface area contributed by atoms with E-state index in [0.29, 0.717) is 51.6 Å². The molecule has 0 radical (unpaired) electrons. The van der Waals surface area contributed by atoms with Gasteiger partial charge in [-0.1, -0.05) is 0 Å². The fraction of sp³-hybridized carbons (Fsp3) is 0.632. The highest BCUT2D eigenvalue weighted by Gasteiger charge is 2.51. The van der Waals surface area contributed by atoms with Gasteiger partial charge in [-0.3, -0.25) is 4.79 Å². The van der Waals surface area contributed by atoms with E-state index >= 15 is 0 Å². The number of likely N-dealkylation sites (tertiary alicyclic amines) is 1. The van der Waals surface area contributed by atoms with Crippen molar-refractivity contribution < 1.29 is 22.7 Å². The minimum Gasteiger partial charge on any atom is -0.494 e. The molecule has 1 aromatic carbocycles. The van der Waals surface area contributed by atoms with Gasteiger partial charge in [-0.15, -0.1) is 0 Å². The van der Waals surface area contributed by atoms with Crippen LogP contribution in [0, 0.1) is 11.3 Å². The van der Waals surface area contributed by atoms with Crippen LogP contribution in [0.1, 0.15) is 20.3 Å². The minimum atomic E-state index is -3.58. The molecule has 0 N–H and O–H groups in total. The van der Waals surface area contributed by atoms with E-state index < -0.39 is 10.0 Å². The lowest BCUT2D eigenvalue weighted by Gasteiger charge is -2.42. The second kappa shape index (κ2) is 7.77. The Kier molecular flexibility index (Phi) is 5.79. The predicted octanol–water partition coefficient (Wildman–Crippen LogP) is 1.59. The number of ether oxygens (including phenoxy) is 2. The normalized spacial score (nSPS) is 26.0. The van der Waals surface area contributed by atoms with Crippen molar-refractivity contribution in [2.45, 2.75) is 25.2 Å². The molecule has 2 atom stereocenters. The number of piperidine rings is 1. The number of amides is 1. The number of sulfonamides is 1. The van der Waals surface area contributed by atoms with Gasteiger partial charge in [0.05, 0.1) is 18.1 Å². The average molecular weight is 397 g/mol. The van der Waals surface area contributed by atoms with Crippen LogP contribution in [0.4, 0.5) is 0 Å².